The highest BCUT2D eigenvalue weighted by molar-refractivity contribution is 14.1. The Bertz CT molecular complexity index is 720. The first-order valence-electron chi connectivity index (χ1n) is 8.62. The Morgan fingerprint density at radius 1 is 1.21 bits per heavy atom. The molecule has 0 N–H and O–H groups in total. The molecular formula is C19H24ClIN2O. The van der Waals surface area contributed by atoms with E-state index in [0.717, 1.165) is 36.9 Å². The highest BCUT2D eigenvalue weighted by Crippen LogP contribution is 2.32. The number of fused-ring (bicyclic) bond motifs is 1. The molecule has 1 saturated heterocycles. The molecule has 1 aromatic carbocycles. The molecule has 0 spiro atoms. The molecule has 1 atom stereocenters. The van der Waals surface area contributed by atoms with Crippen molar-refractivity contribution in [3.05, 3.63) is 33.5 Å². The zero-order valence-electron chi connectivity index (χ0n) is 14.0. The molecule has 1 saturated carbocycles. The lowest BCUT2D eigenvalue weighted by Gasteiger charge is -2.28. The van der Waals surface area contributed by atoms with Crippen LogP contribution in [0.15, 0.2) is 24.3 Å². The number of halogens is 2. The molecule has 0 bridgehead atoms. The summed E-state index contributed by atoms with van der Waals surface area (Å²) < 4.78 is 7.21. The molecule has 2 fully saturated rings. The molecule has 2 aliphatic rings. The molecule has 2 aromatic rings. The van der Waals surface area contributed by atoms with Gasteiger partial charge in [0.05, 0.1) is 29.5 Å². The van der Waals surface area contributed by atoms with Gasteiger partial charge < -0.3 is 9.64 Å². The van der Waals surface area contributed by atoms with Crippen molar-refractivity contribution in [1.82, 2.24) is 4.98 Å². The van der Waals surface area contributed by atoms with E-state index in [0.29, 0.717) is 6.04 Å². The second-order valence-corrected chi connectivity index (χ2v) is 8.15. The Balaban J connectivity index is 0.00000169. The number of hydrogen-bond acceptors (Lipinski definition) is 3. The summed E-state index contributed by atoms with van der Waals surface area (Å²) >= 11 is 2.35. The Morgan fingerprint density at radius 2 is 2.04 bits per heavy atom. The van der Waals surface area contributed by atoms with Crippen molar-refractivity contribution >= 4 is 51.6 Å². The molecule has 1 aliphatic carbocycles. The number of nitrogens with zero attached hydrogens (tertiary/aromatic N) is 2. The maximum absolute atomic E-state index is 5.97. The van der Waals surface area contributed by atoms with Crippen molar-refractivity contribution in [3.63, 3.8) is 0 Å². The molecule has 3 nitrogen and oxygen atoms in total. The van der Waals surface area contributed by atoms with E-state index < -0.39 is 0 Å². The van der Waals surface area contributed by atoms with E-state index in [1.54, 1.807) is 0 Å². The summed E-state index contributed by atoms with van der Waals surface area (Å²) in [6.07, 6.45) is 5.21. The highest BCUT2D eigenvalue weighted by atomic mass is 127. The van der Waals surface area contributed by atoms with Crippen LogP contribution in [0.4, 0.5) is 5.69 Å². The fourth-order valence-corrected chi connectivity index (χ4v) is 3.97. The van der Waals surface area contributed by atoms with Crippen LogP contribution < -0.4 is 4.90 Å². The van der Waals surface area contributed by atoms with Crippen molar-refractivity contribution in [2.45, 2.75) is 38.6 Å². The number of rotatable bonds is 5. The van der Waals surface area contributed by atoms with Crippen LogP contribution in [0, 0.1) is 16.4 Å². The zero-order chi connectivity index (χ0) is 15.8. The van der Waals surface area contributed by atoms with Gasteiger partial charge in [0.2, 0.25) is 0 Å². The second kappa shape index (κ2) is 7.75. The number of anilines is 1. The Morgan fingerprint density at radius 3 is 2.83 bits per heavy atom. The van der Waals surface area contributed by atoms with Crippen LogP contribution in [-0.4, -0.2) is 30.8 Å². The first kappa shape index (κ1) is 18.2. The van der Waals surface area contributed by atoms with Crippen LogP contribution in [0.1, 0.15) is 31.4 Å². The summed E-state index contributed by atoms with van der Waals surface area (Å²) in [6, 6.07) is 9.32. The van der Waals surface area contributed by atoms with Gasteiger partial charge in [-0.1, -0.05) is 6.07 Å². The molecule has 4 rings (SSSR count). The summed E-state index contributed by atoms with van der Waals surface area (Å²) in [5.74, 6) is 0.844. The molecule has 24 heavy (non-hydrogen) atoms. The van der Waals surface area contributed by atoms with Crippen LogP contribution in [0.5, 0.6) is 0 Å². The molecule has 0 amide bonds. The fraction of sp³-hybridized carbons (Fsp3) is 0.526. The molecule has 130 valence electrons. The van der Waals surface area contributed by atoms with E-state index in [-0.39, 0.29) is 12.4 Å². The van der Waals surface area contributed by atoms with E-state index in [9.17, 15) is 0 Å². The van der Waals surface area contributed by atoms with Gasteiger partial charge in [0.15, 0.2) is 0 Å². The number of ether oxygens (including phenoxy) is 1. The molecule has 2 heterocycles. The van der Waals surface area contributed by atoms with E-state index in [2.05, 4.69) is 58.7 Å². The molecule has 1 aliphatic heterocycles. The van der Waals surface area contributed by atoms with E-state index >= 15 is 0 Å². The van der Waals surface area contributed by atoms with E-state index in [1.807, 2.05) is 0 Å². The monoisotopic (exact) mass is 458 g/mol. The largest absolute Gasteiger partial charge is 0.379 e. The summed E-state index contributed by atoms with van der Waals surface area (Å²) in [5.41, 5.74) is 3.52. The van der Waals surface area contributed by atoms with Gasteiger partial charge in [-0.2, -0.15) is 0 Å². The van der Waals surface area contributed by atoms with Gasteiger partial charge in [-0.05, 0) is 79.3 Å². The lowest BCUT2D eigenvalue weighted by atomic mass is 10.1. The minimum atomic E-state index is 0. The molecular weight excluding hydrogens is 435 g/mol. The average molecular weight is 459 g/mol. The summed E-state index contributed by atoms with van der Waals surface area (Å²) in [7, 11) is 0. The van der Waals surface area contributed by atoms with Crippen LogP contribution in [0.3, 0.4) is 0 Å². The van der Waals surface area contributed by atoms with Gasteiger partial charge in [0.25, 0.3) is 0 Å². The Kier molecular flexibility index (Phi) is 5.88. The lowest BCUT2D eigenvalue weighted by Crippen LogP contribution is -2.34. The van der Waals surface area contributed by atoms with Crippen LogP contribution >= 0.6 is 35.0 Å². The third-order valence-corrected chi connectivity index (χ3v) is 5.66. The van der Waals surface area contributed by atoms with Crippen molar-refractivity contribution in [3.8, 4) is 0 Å². The first-order chi connectivity index (χ1) is 11.2. The van der Waals surface area contributed by atoms with Gasteiger partial charge >= 0.3 is 0 Å². The average Bonchev–Trinajstić information content (AvgIpc) is 3.23. The minimum Gasteiger partial charge on any atom is -0.379 e. The predicted molar refractivity (Wildman–Crippen MR) is 110 cm³/mol. The molecule has 5 heteroatoms. The van der Waals surface area contributed by atoms with Gasteiger partial charge in [-0.15, -0.1) is 12.4 Å². The smallest absolute Gasteiger partial charge is 0.0717 e. The highest BCUT2D eigenvalue weighted by Gasteiger charge is 2.28. The van der Waals surface area contributed by atoms with Crippen molar-refractivity contribution in [2.24, 2.45) is 5.92 Å². The normalized spacial score (nSPS) is 20.4. The number of aromatic nitrogens is 1. The van der Waals surface area contributed by atoms with Crippen LogP contribution in [0.2, 0.25) is 0 Å². The molecule has 0 unspecified atom stereocenters. The summed E-state index contributed by atoms with van der Waals surface area (Å²) in [6.45, 7) is 5.07. The maximum atomic E-state index is 5.97. The van der Waals surface area contributed by atoms with Gasteiger partial charge in [-0.3, -0.25) is 4.98 Å². The van der Waals surface area contributed by atoms with Crippen molar-refractivity contribution in [1.29, 1.82) is 0 Å². The Hall–Kier alpha value is -0.590. The topological polar surface area (TPSA) is 25.4 Å². The molecule has 0 radical (unpaired) electrons. The Labute approximate surface area is 163 Å². The summed E-state index contributed by atoms with van der Waals surface area (Å²) in [5, 5.41) is 1.23. The standard InChI is InChI=1S/C19H23IN2O.ClH/c1-13-19(9-15-6-7-16(20)10-18(15)21-13)22-8-2-3-17(22)12-23-11-14-4-5-14;/h6-7,9-10,14,17H,2-5,8,11-12H2,1H3;1H/t17-;/m0./s1. The molecule has 1 aromatic heterocycles. The van der Waals surface area contributed by atoms with Gasteiger partial charge in [0.1, 0.15) is 0 Å². The van der Waals surface area contributed by atoms with Crippen molar-refractivity contribution < 1.29 is 4.74 Å². The van der Waals surface area contributed by atoms with Crippen molar-refractivity contribution in [2.75, 3.05) is 24.7 Å². The lowest BCUT2D eigenvalue weighted by molar-refractivity contribution is 0.112. The number of hydrogen-bond donors (Lipinski definition) is 0. The third-order valence-electron chi connectivity index (χ3n) is 4.99. The van der Waals surface area contributed by atoms with E-state index in [1.165, 1.54) is 40.3 Å². The number of aryl methyl sites for hydroxylation is 1. The fourth-order valence-electron chi connectivity index (χ4n) is 3.50. The zero-order valence-corrected chi connectivity index (χ0v) is 17.0. The first-order valence-corrected chi connectivity index (χ1v) is 9.70. The predicted octanol–water partition coefficient (Wildman–Crippen LogP) is 4.97. The van der Waals surface area contributed by atoms with Gasteiger partial charge in [0, 0.05) is 22.1 Å². The second-order valence-electron chi connectivity index (χ2n) is 6.90. The van der Waals surface area contributed by atoms with Crippen LogP contribution in [-0.2, 0) is 4.74 Å². The maximum Gasteiger partial charge on any atom is 0.0717 e. The third kappa shape index (κ3) is 3.97. The minimum absolute atomic E-state index is 0. The number of benzene rings is 1. The van der Waals surface area contributed by atoms with Crippen LogP contribution in [0.25, 0.3) is 10.9 Å². The summed E-state index contributed by atoms with van der Waals surface area (Å²) in [4.78, 5) is 7.37. The number of pyridine rings is 1. The van der Waals surface area contributed by atoms with Gasteiger partial charge in [-0.25, -0.2) is 0 Å². The quantitative estimate of drug-likeness (QED) is 0.592. The SMILES string of the molecule is Cc1nc2cc(I)ccc2cc1N1CCC[C@H]1COCC1CC1.Cl. The van der Waals surface area contributed by atoms with E-state index in [4.69, 9.17) is 9.72 Å².